The van der Waals surface area contributed by atoms with Crippen molar-refractivity contribution >= 4 is 17.2 Å². The van der Waals surface area contributed by atoms with E-state index in [1.54, 1.807) is 30.8 Å². The van der Waals surface area contributed by atoms with Crippen molar-refractivity contribution < 1.29 is 9.53 Å². The first-order valence-corrected chi connectivity index (χ1v) is 8.47. The van der Waals surface area contributed by atoms with Crippen molar-refractivity contribution in [3.63, 3.8) is 0 Å². The molecule has 0 aromatic carbocycles. The minimum absolute atomic E-state index is 0.235. The van der Waals surface area contributed by atoms with E-state index in [2.05, 4.69) is 10.3 Å². The Morgan fingerprint density at radius 1 is 1.36 bits per heavy atom. The Labute approximate surface area is 148 Å². The number of methoxy groups -OCH3 is 1. The van der Waals surface area contributed by atoms with E-state index in [1.165, 1.54) is 23.9 Å². The molecule has 0 saturated heterocycles. The fourth-order valence-corrected chi connectivity index (χ4v) is 3.10. The molecule has 0 bridgehead atoms. The van der Waals surface area contributed by atoms with Crippen molar-refractivity contribution in [3.05, 3.63) is 69.7 Å². The molecular weight excluding hydrogens is 338 g/mol. The van der Waals surface area contributed by atoms with Gasteiger partial charge in [0, 0.05) is 48.7 Å². The van der Waals surface area contributed by atoms with Crippen LogP contribution in [-0.2, 0) is 13.6 Å². The van der Waals surface area contributed by atoms with Crippen LogP contribution in [0.5, 0.6) is 5.75 Å². The molecule has 0 fully saturated rings. The largest absolute Gasteiger partial charge is 0.496 e. The van der Waals surface area contributed by atoms with Crippen LogP contribution in [-0.4, -0.2) is 22.6 Å². The first-order valence-electron chi connectivity index (χ1n) is 7.59. The highest BCUT2D eigenvalue weighted by molar-refractivity contribution is 7.13. The van der Waals surface area contributed by atoms with E-state index in [0.29, 0.717) is 12.1 Å². The van der Waals surface area contributed by atoms with Gasteiger partial charge in [0.1, 0.15) is 5.75 Å². The van der Waals surface area contributed by atoms with Crippen LogP contribution in [0.4, 0.5) is 0 Å². The number of ether oxygens (including phenoxy) is 1. The molecule has 0 spiro atoms. The molecule has 3 aromatic rings. The molecule has 7 heteroatoms. The van der Waals surface area contributed by atoms with Crippen LogP contribution in [0, 0.1) is 0 Å². The van der Waals surface area contributed by atoms with Gasteiger partial charge in [0.2, 0.25) is 0 Å². The normalized spacial score (nSPS) is 10.5. The molecule has 128 valence electrons. The number of hydrogen-bond acceptors (Lipinski definition) is 5. The average Bonchev–Trinajstić information content (AvgIpc) is 3.16. The number of carbonyl (C=O) groups excluding carboxylic acids is 1. The van der Waals surface area contributed by atoms with Crippen LogP contribution in [0.15, 0.2) is 53.0 Å². The van der Waals surface area contributed by atoms with Gasteiger partial charge in [-0.05, 0) is 23.1 Å². The number of hydrogen-bond donors (Lipinski definition) is 1. The van der Waals surface area contributed by atoms with Gasteiger partial charge in [-0.25, -0.2) is 0 Å². The Morgan fingerprint density at radius 3 is 2.92 bits per heavy atom. The van der Waals surface area contributed by atoms with Crippen LogP contribution in [0.1, 0.15) is 15.9 Å². The second-order valence-electron chi connectivity index (χ2n) is 5.45. The molecule has 1 N–H and O–H groups in total. The zero-order chi connectivity index (χ0) is 17.8. The Hall–Kier alpha value is -2.93. The quantitative estimate of drug-likeness (QED) is 0.763. The SMILES string of the molecule is COc1cc(=O)n(C)cc1C(=O)NCc1cncc(-c2cccs2)c1. The van der Waals surface area contributed by atoms with Gasteiger partial charge in [-0.3, -0.25) is 14.6 Å². The topological polar surface area (TPSA) is 73.2 Å². The number of nitrogens with zero attached hydrogens (tertiary/aromatic N) is 2. The highest BCUT2D eigenvalue weighted by atomic mass is 32.1. The summed E-state index contributed by atoms with van der Waals surface area (Å²) in [6.07, 6.45) is 4.99. The minimum atomic E-state index is -0.311. The number of rotatable bonds is 5. The van der Waals surface area contributed by atoms with Gasteiger partial charge in [-0.1, -0.05) is 6.07 Å². The Bertz CT molecular complexity index is 948. The first-order chi connectivity index (χ1) is 12.1. The number of amides is 1. The minimum Gasteiger partial charge on any atom is -0.496 e. The fraction of sp³-hybridized carbons (Fsp3) is 0.167. The summed E-state index contributed by atoms with van der Waals surface area (Å²) >= 11 is 1.64. The van der Waals surface area contributed by atoms with Crippen molar-refractivity contribution in [3.8, 4) is 16.2 Å². The molecule has 3 rings (SSSR count). The van der Waals surface area contributed by atoms with Gasteiger partial charge >= 0.3 is 0 Å². The van der Waals surface area contributed by atoms with Gasteiger partial charge in [0.15, 0.2) is 0 Å². The van der Waals surface area contributed by atoms with Gasteiger partial charge < -0.3 is 14.6 Å². The van der Waals surface area contributed by atoms with Crippen molar-refractivity contribution in [1.29, 1.82) is 0 Å². The zero-order valence-corrected chi connectivity index (χ0v) is 14.7. The Balaban J connectivity index is 1.76. The first kappa shape index (κ1) is 16.9. The summed E-state index contributed by atoms with van der Waals surface area (Å²) in [7, 11) is 3.02. The monoisotopic (exact) mass is 355 g/mol. The third-order valence-electron chi connectivity index (χ3n) is 3.71. The van der Waals surface area contributed by atoms with Crippen LogP contribution in [0.2, 0.25) is 0 Å². The summed E-state index contributed by atoms with van der Waals surface area (Å²) in [5, 5.41) is 4.85. The fourth-order valence-electron chi connectivity index (χ4n) is 2.39. The standard InChI is InChI=1S/C18H17N3O3S/c1-21-11-14(15(24-2)7-17(21)22)18(23)20-9-12-6-13(10-19-8-12)16-4-3-5-25-16/h3-8,10-11H,9H2,1-2H3,(H,20,23). The molecule has 3 aromatic heterocycles. The van der Waals surface area contributed by atoms with Gasteiger partial charge in [0.05, 0.1) is 12.7 Å². The maximum atomic E-state index is 12.4. The molecule has 6 nitrogen and oxygen atoms in total. The zero-order valence-electron chi connectivity index (χ0n) is 13.9. The number of carbonyl (C=O) groups is 1. The number of pyridine rings is 2. The number of aromatic nitrogens is 2. The van der Waals surface area contributed by atoms with E-state index in [0.717, 1.165) is 16.0 Å². The highest BCUT2D eigenvalue weighted by Gasteiger charge is 2.14. The van der Waals surface area contributed by atoms with Crippen molar-refractivity contribution in [2.75, 3.05) is 7.11 Å². The molecule has 0 atom stereocenters. The summed E-state index contributed by atoms with van der Waals surface area (Å²) < 4.78 is 6.48. The van der Waals surface area contributed by atoms with Gasteiger partial charge in [0.25, 0.3) is 11.5 Å². The number of aryl methyl sites for hydroxylation is 1. The second kappa shape index (κ2) is 7.31. The lowest BCUT2D eigenvalue weighted by atomic mass is 10.1. The van der Waals surface area contributed by atoms with Crippen molar-refractivity contribution in [1.82, 2.24) is 14.9 Å². The lowest BCUT2D eigenvalue weighted by Crippen LogP contribution is -2.26. The molecule has 0 unspecified atom stereocenters. The van der Waals surface area contributed by atoms with E-state index in [4.69, 9.17) is 4.74 Å². The van der Waals surface area contributed by atoms with E-state index < -0.39 is 0 Å². The predicted octanol–water partition coefficient (Wildman–Crippen LogP) is 2.45. The average molecular weight is 355 g/mol. The molecule has 0 saturated carbocycles. The Kier molecular flexibility index (Phi) is 4.95. The smallest absolute Gasteiger partial charge is 0.256 e. The maximum Gasteiger partial charge on any atom is 0.256 e. The molecule has 3 heterocycles. The van der Waals surface area contributed by atoms with Crippen LogP contribution < -0.4 is 15.6 Å². The molecule has 25 heavy (non-hydrogen) atoms. The summed E-state index contributed by atoms with van der Waals surface area (Å²) in [5.74, 6) is -0.0555. The molecule has 0 aliphatic heterocycles. The van der Waals surface area contributed by atoms with Crippen LogP contribution in [0.3, 0.4) is 0 Å². The van der Waals surface area contributed by atoms with Crippen molar-refractivity contribution in [2.24, 2.45) is 7.05 Å². The summed E-state index contributed by atoms with van der Waals surface area (Å²) in [6, 6.07) is 7.31. The van der Waals surface area contributed by atoms with Gasteiger partial charge in [-0.15, -0.1) is 11.3 Å². The van der Waals surface area contributed by atoms with Crippen LogP contribution in [0.25, 0.3) is 10.4 Å². The molecule has 0 aliphatic rings. The maximum absolute atomic E-state index is 12.4. The lowest BCUT2D eigenvalue weighted by molar-refractivity contribution is 0.0947. The van der Waals surface area contributed by atoms with Crippen LogP contribution >= 0.6 is 11.3 Å². The van der Waals surface area contributed by atoms with Gasteiger partial charge in [-0.2, -0.15) is 0 Å². The Morgan fingerprint density at radius 2 is 2.20 bits per heavy atom. The molecule has 0 radical (unpaired) electrons. The summed E-state index contributed by atoms with van der Waals surface area (Å²) in [4.78, 5) is 29.5. The van der Waals surface area contributed by atoms with Crippen molar-refractivity contribution in [2.45, 2.75) is 6.54 Å². The third kappa shape index (κ3) is 3.77. The number of thiophene rings is 1. The number of nitrogens with one attached hydrogen (secondary N) is 1. The summed E-state index contributed by atoms with van der Waals surface area (Å²) in [5.41, 5.74) is 1.98. The van der Waals surface area contributed by atoms with E-state index >= 15 is 0 Å². The molecule has 0 aliphatic carbocycles. The lowest BCUT2D eigenvalue weighted by Gasteiger charge is -2.11. The van der Waals surface area contributed by atoms with E-state index in [-0.39, 0.29) is 17.2 Å². The third-order valence-corrected chi connectivity index (χ3v) is 4.63. The molecular formula is C18H17N3O3S. The highest BCUT2D eigenvalue weighted by Crippen LogP contribution is 2.24. The van der Waals surface area contributed by atoms with E-state index in [1.807, 2.05) is 23.6 Å². The van der Waals surface area contributed by atoms with E-state index in [9.17, 15) is 9.59 Å². The predicted molar refractivity (Wildman–Crippen MR) is 97.0 cm³/mol. The molecule has 1 amide bonds. The summed E-state index contributed by atoms with van der Waals surface area (Å²) in [6.45, 7) is 0.330. The second-order valence-corrected chi connectivity index (χ2v) is 6.39.